The van der Waals surface area contributed by atoms with Gasteiger partial charge in [-0.15, -0.1) is 0 Å². The van der Waals surface area contributed by atoms with Crippen LogP contribution < -0.4 is 10.2 Å². The molecule has 0 radical (unpaired) electrons. The van der Waals surface area contributed by atoms with Crippen molar-refractivity contribution < 1.29 is 9.53 Å². The van der Waals surface area contributed by atoms with Crippen LogP contribution in [0.15, 0.2) is 71.8 Å². The number of carbonyl (C=O) groups excluding carboxylic acids is 1. The lowest BCUT2D eigenvalue weighted by atomic mass is 10.2. The molecule has 1 N–H and O–H groups in total. The van der Waals surface area contributed by atoms with Crippen molar-refractivity contribution in [2.24, 2.45) is 5.10 Å². The normalized spacial score (nSPS) is 12.4. The van der Waals surface area contributed by atoms with Gasteiger partial charge in [-0.3, -0.25) is 4.79 Å². The van der Waals surface area contributed by atoms with Crippen molar-refractivity contribution in [3.8, 4) is 5.75 Å². The molecule has 4 nitrogen and oxygen atoms in total. The van der Waals surface area contributed by atoms with Crippen molar-refractivity contribution in [1.29, 1.82) is 0 Å². The molecule has 0 aromatic heterocycles. The van der Waals surface area contributed by atoms with Crippen molar-refractivity contribution in [3.63, 3.8) is 0 Å². The maximum atomic E-state index is 11.8. The largest absolute Gasteiger partial charge is 0.481 e. The summed E-state index contributed by atoms with van der Waals surface area (Å²) in [6.45, 7) is 1.68. The highest BCUT2D eigenvalue weighted by molar-refractivity contribution is 5.83. The Morgan fingerprint density at radius 2 is 1.73 bits per heavy atom. The number of hydrogen-bond donors (Lipinski definition) is 1. The van der Waals surface area contributed by atoms with Gasteiger partial charge in [0, 0.05) is 6.21 Å². The molecule has 0 heterocycles. The van der Waals surface area contributed by atoms with E-state index >= 15 is 0 Å². The number of nitrogens with zero attached hydrogens (tertiary/aromatic N) is 1. The zero-order valence-electron chi connectivity index (χ0n) is 12.3. The van der Waals surface area contributed by atoms with Crippen molar-refractivity contribution in [3.05, 3.63) is 72.3 Å². The molecule has 0 saturated carbocycles. The number of nitrogens with one attached hydrogen (secondary N) is 1. The monoisotopic (exact) mass is 294 g/mol. The molecule has 2 rings (SSSR count). The van der Waals surface area contributed by atoms with Crippen molar-refractivity contribution in [2.45, 2.75) is 13.0 Å². The fourth-order valence-electron chi connectivity index (χ4n) is 1.71. The van der Waals surface area contributed by atoms with Gasteiger partial charge in [-0.1, -0.05) is 54.6 Å². The fraction of sp³-hybridized carbons (Fsp3) is 0.111. The Morgan fingerprint density at radius 1 is 1.09 bits per heavy atom. The Labute approximate surface area is 130 Å². The molecule has 112 valence electrons. The van der Waals surface area contributed by atoms with Gasteiger partial charge in [-0.05, 0) is 30.7 Å². The number of carbonyl (C=O) groups is 1. The van der Waals surface area contributed by atoms with E-state index in [4.69, 9.17) is 4.74 Å². The van der Waals surface area contributed by atoms with E-state index in [1.165, 1.54) is 6.21 Å². The Balaban J connectivity index is 1.77. The minimum absolute atomic E-state index is 0.298. The summed E-state index contributed by atoms with van der Waals surface area (Å²) in [5.74, 6) is 0.353. The van der Waals surface area contributed by atoms with Gasteiger partial charge in [0.25, 0.3) is 5.91 Å². The number of allylic oxidation sites excluding steroid dienone is 1. The summed E-state index contributed by atoms with van der Waals surface area (Å²) in [6, 6.07) is 19.0. The standard InChI is InChI=1S/C18H18N2O2/c1-15(22-17-12-6-3-7-13-17)18(21)20-19-14-8-11-16-9-4-2-5-10-16/h2-15H,1H3,(H,20,21)/b11-8+,19-14+. The number of hydrazone groups is 1. The van der Waals surface area contributed by atoms with E-state index in [0.29, 0.717) is 5.75 Å². The molecule has 0 aliphatic rings. The summed E-state index contributed by atoms with van der Waals surface area (Å²) >= 11 is 0. The second-order valence-electron chi connectivity index (χ2n) is 4.60. The Hall–Kier alpha value is -2.88. The molecular formula is C18H18N2O2. The van der Waals surface area contributed by atoms with Gasteiger partial charge in [-0.2, -0.15) is 5.10 Å². The number of ether oxygens (including phenoxy) is 1. The van der Waals surface area contributed by atoms with Gasteiger partial charge in [0.1, 0.15) is 5.75 Å². The zero-order chi connectivity index (χ0) is 15.6. The highest BCUT2D eigenvalue weighted by Gasteiger charge is 2.13. The number of benzene rings is 2. The summed E-state index contributed by atoms with van der Waals surface area (Å²) in [5, 5.41) is 3.86. The lowest BCUT2D eigenvalue weighted by Crippen LogP contribution is -2.33. The minimum atomic E-state index is -0.613. The van der Waals surface area contributed by atoms with Crippen LogP contribution >= 0.6 is 0 Å². The summed E-state index contributed by atoms with van der Waals surface area (Å²) < 4.78 is 5.50. The molecule has 4 heteroatoms. The molecule has 2 aromatic rings. The molecule has 0 aliphatic carbocycles. The maximum absolute atomic E-state index is 11.8. The third-order valence-corrected chi connectivity index (χ3v) is 2.85. The van der Waals surface area contributed by atoms with E-state index in [1.54, 1.807) is 25.1 Å². The minimum Gasteiger partial charge on any atom is -0.481 e. The molecule has 1 unspecified atom stereocenters. The van der Waals surface area contributed by atoms with Gasteiger partial charge in [0.05, 0.1) is 0 Å². The van der Waals surface area contributed by atoms with Crippen molar-refractivity contribution in [1.82, 2.24) is 5.43 Å². The van der Waals surface area contributed by atoms with E-state index in [2.05, 4.69) is 10.5 Å². The summed E-state index contributed by atoms with van der Waals surface area (Å²) in [7, 11) is 0. The van der Waals surface area contributed by atoms with Crippen LogP contribution in [0.4, 0.5) is 0 Å². The lowest BCUT2D eigenvalue weighted by Gasteiger charge is -2.12. The summed E-state index contributed by atoms with van der Waals surface area (Å²) in [6.07, 6.45) is 4.58. The molecular weight excluding hydrogens is 276 g/mol. The highest BCUT2D eigenvalue weighted by Crippen LogP contribution is 2.10. The van der Waals surface area contributed by atoms with Gasteiger partial charge < -0.3 is 4.74 Å². The van der Waals surface area contributed by atoms with E-state index in [0.717, 1.165) is 5.56 Å². The molecule has 2 aromatic carbocycles. The maximum Gasteiger partial charge on any atom is 0.280 e. The van der Waals surface area contributed by atoms with Crippen LogP contribution in [0, 0.1) is 0 Å². The first kappa shape index (κ1) is 15.5. The molecule has 0 aliphatic heterocycles. The first-order valence-electron chi connectivity index (χ1n) is 7.02. The Morgan fingerprint density at radius 3 is 2.41 bits per heavy atom. The van der Waals surface area contributed by atoms with Crippen LogP contribution in [-0.4, -0.2) is 18.2 Å². The molecule has 1 atom stereocenters. The topological polar surface area (TPSA) is 50.7 Å². The molecule has 1 amide bonds. The number of amides is 1. The first-order valence-corrected chi connectivity index (χ1v) is 7.02. The second-order valence-corrected chi connectivity index (χ2v) is 4.60. The Kier molecular flexibility index (Phi) is 5.93. The highest BCUT2D eigenvalue weighted by atomic mass is 16.5. The average Bonchev–Trinajstić information content (AvgIpc) is 2.56. The molecule has 0 spiro atoms. The number of hydrogen-bond acceptors (Lipinski definition) is 3. The van der Waals surface area contributed by atoms with Crippen LogP contribution in [-0.2, 0) is 4.79 Å². The van der Waals surface area contributed by atoms with Crippen LogP contribution in [0.5, 0.6) is 5.75 Å². The van der Waals surface area contributed by atoms with Gasteiger partial charge in [0.15, 0.2) is 6.10 Å². The van der Waals surface area contributed by atoms with Gasteiger partial charge in [-0.25, -0.2) is 5.43 Å². The molecule has 0 bridgehead atoms. The van der Waals surface area contributed by atoms with Crippen LogP contribution in [0.25, 0.3) is 6.08 Å². The number of rotatable bonds is 6. The predicted octanol–water partition coefficient (Wildman–Crippen LogP) is 3.27. The van der Waals surface area contributed by atoms with E-state index in [9.17, 15) is 4.79 Å². The van der Waals surface area contributed by atoms with Gasteiger partial charge in [0.2, 0.25) is 0 Å². The van der Waals surface area contributed by atoms with E-state index in [-0.39, 0.29) is 5.91 Å². The number of para-hydroxylation sites is 1. The van der Waals surface area contributed by atoms with Crippen LogP contribution in [0.2, 0.25) is 0 Å². The SMILES string of the molecule is CC(Oc1ccccc1)C(=O)N/N=C/C=C/c1ccccc1. The smallest absolute Gasteiger partial charge is 0.280 e. The fourth-order valence-corrected chi connectivity index (χ4v) is 1.71. The zero-order valence-corrected chi connectivity index (χ0v) is 12.3. The molecule has 0 saturated heterocycles. The van der Waals surface area contributed by atoms with Crippen LogP contribution in [0.1, 0.15) is 12.5 Å². The predicted molar refractivity (Wildman–Crippen MR) is 88.6 cm³/mol. The Bertz CT molecular complexity index is 637. The first-order chi connectivity index (χ1) is 10.8. The van der Waals surface area contributed by atoms with Crippen molar-refractivity contribution >= 4 is 18.2 Å². The average molecular weight is 294 g/mol. The lowest BCUT2D eigenvalue weighted by molar-refractivity contribution is -0.127. The van der Waals surface area contributed by atoms with Crippen molar-refractivity contribution in [2.75, 3.05) is 0 Å². The molecule has 22 heavy (non-hydrogen) atoms. The van der Waals surface area contributed by atoms with E-state index < -0.39 is 6.10 Å². The third kappa shape index (κ3) is 5.25. The van der Waals surface area contributed by atoms with E-state index in [1.807, 2.05) is 54.6 Å². The van der Waals surface area contributed by atoms with Gasteiger partial charge >= 0.3 is 0 Å². The third-order valence-electron chi connectivity index (χ3n) is 2.85. The second kappa shape index (κ2) is 8.42. The summed E-state index contributed by atoms with van der Waals surface area (Å²) in [4.78, 5) is 11.8. The molecule has 0 fully saturated rings. The quantitative estimate of drug-likeness (QED) is 0.656. The van der Waals surface area contributed by atoms with Crippen LogP contribution in [0.3, 0.4) is 0 Å². The summed E-state index contributed by atoms with van der Waals surface area (Å²) in [5.41, 5.74) is 3.51.